The zero-order valence-corrected chi connectivity index (χ0v) is 12.1. The fourth-order valence-electron chi connectivity index (χ4n) is 1.63. The Bertz CT molecular complexity index is 628. The first-order valence-corrected chi connectivity index (χ1v) is 6.66. The molecule has 2 N–H and O–H groups in total. The van der Waals surface area contributed by atoms with Crippen LogP contribution in [0.25, 0.3) is 0 Å². The fraction of sp³-hybridized carbons (Fsp3) is 0.250. The number of amides is 1. The fourth-order valence-corrected chi connectivity index (χ4v) is 2.10. The monoisotopic (exact) mass is 362 g/mol. The number of nitrogens with zero attached hydrogens (tertiary/aromatic N) is 2. The van der Waals surface area contributed by atoms with Gasteiger partial charge in [-0.2, -0.15) is 18.3 Å². The Balaban J connectivity index is 2.02. The molecule has 1 amide bonds. The number of H-pyrrole nitrogens is 1. The maximum Gasteiger partial charge on any atom is 0.417 e. The van der Waals surface area contributed by atoms with Gasteiger partial charge in [-0.1, -0.05) is 15.9 Å². The Kier molecular flexibility index (Phi) is 4.61. The van der Waals surface area contributed by atoms with Gasteiger partial charge >= 0.3 is 6.18 Å². The van der Waals surface area contributed by atoms with Gasteiger partial charge < -0.3 is 5.32 Å². The molecule has 0 aliphatic carbocycles. The molecular formula is C12H10BrF3N4O. The number of benzene rings is 1. The molecule has 0 saturated heterocycles. The average Bonchev–Trinajstić information content (AvgIpc) is 2.91. The van der Waals surface area contributed by atoms with Gasteiger partial charge in [0.1, 0.15) is 12.2 Å². The maximum atomic E-state index is 12.7. The minimum absolute atomic E-state index is 0.0527. The second kappa shape index (κ2) is 6.25. The summed E-state index contributed by atoms with van der Waals surface area (Å²) in [4.78, 5) is 15.7. The summed E-state index contributed by atoms with van der Waals surface area (Å²) in [6.45, 7) is 0.242. The van der Waals surface area contributed by atoms with Crippen molar-refractivity contribution in [3.63, 3.8) is 0 Å². The highest BCUT2D eigenvalue weighted by Crippen LogP contribution is 2.35. The Morgan fingerprint density at radius 3 is 2.76 bits per heavy atom. The van der Waals surface area contributed by atoms with Gasteiger partial charge in [-0.3, -0.25) is 9.89 Å². The van der Waals surface area contributed by atoms with Crippen molar-refractivity contribution >= 4 is 21.8 Å². The summed E-state index contributed by atoms with van der Waals surface area (Å²) in [6, 6.07) is 3.34. The van der Waals surface area contributed by atoms with Gasteiger partial charge in [0, 0.05) is 23.0 Å². The van der Waals surface area contributed by atoms with Crippen molar-refractivity contribution in [2.24, 2.45) is 0 Å². The molecule has 2 aromatic rings. The largest absolute Gasteiger partial charge is 0.417 e. The highest BCUT2D eigenvalue weighted by Gasteiger charge is 2.33. The summed E-state index contributed by atoms with van der Waals surface area (Å²) >= 11 is 2.82. The molecule has 0 atom stereocenters. The number of nitrogens with one attached hydrogen (secondary N) is 2. The molecule has 0 aliphatic rings. The summed E-state index contributed by atoms with van der Waals surface area (Å²) in [5.74, 6) is 0.00889. The predicted molar refractivity (Wildman–Crippen MR) is 71.6 cm³/mol. The van der Waals surface area contributed by atoms with Crippen LogP contribution in [0.1, 0.15) is 21.7 Å². The van der Waals surface area contributed by atoms with Crippen LogP contribution in [-0.4, -0.2) is 27.6 Å². The van der Waals surface area contributed by atoms with Crippen LogP contribution in [0.5, 0.6) is 0 Å². The van der Waals surface area contributed by atoms with E-state index < -0.39 is 17.6 Å². The number of aromatic amines is 1. The van der Waals surface area contributed by atoms with E-state index in [1.54, 1.807) is 0 Å². The van der Waals surface area contributed by atoms with E-state index in [0.717, 1.165) is 6.07 Å². The number of halogens is 4. The molecule has 0 radical (unpaired) electrons. The first-order valence-electron chi connectivity index (χ1n) is 5.87. The molecule has 1 heterocycles. The van der Waals surface area contributed by atoms with Gasteiger partial charge in [-0.15, -0.1) is 0 Å². The molecule has 9 heteroatoms. The van der Waals surface area contributed by atoms with Crippen LogP contribution in [0.15, 0.2) is 29.0 Å². The third kappa shape index (κ3) is 4.03. The van der Waals surface area contributed by atoms with Crippen LogP contribution >= 0.6 is 15.9 Å². The standard InChI is InChI=1S/C12H10BrF3N4O/c13-9-2-1-7(5-8(9)12(14,15)16)11(21)17-4-3-10-18-6-19-20-10/h1-2,5-6H,3-4H2,(H,17,21)(H,18,19,20). The third-order valence-corrected chi connectivity index (χ3v) is 3.34. The molecule has 1 aromatic carbocycles. The van der Waals surface area contributed by atoms with E-state index >= 15 is 0 Å². The first kappa shape index (κ1) is 15.5. The van der Waals surface area contributed by atoms with Crippen molar-refractivity contribution in [2.45, 2.75) is 12.6 Å². The van der Waals surface area contributed by atoms with Gasteiger partial charge in [0.25, 0.3) is 5.91 Å². The zero-order valence-electron chi connectivity index (χ0n) is 10.5. The molecular weight excluding hydrogens is 353 g/mol. The van der Waals surface area contributed by atoms with Crippen LogP contribution < -0.4 is 5.32 Å². The van der Waals surface area contributed by atoms with Crippen molar-refractivity contribution in [3.05, 3.63) is 46.0 Å². The molecule has 2 rings (SSSR count). The van der Waals surface area contributed by atoms with Crippen molar-refractivity contribution < 1.29 is 18.0 Å². The SMILES string of the molecule is O=C(NCCc1ncn[nH]1)c1ccc(Br)c(C(F)(F)F)c1. The van der Waals surface area contributed by atoms with Gasteiger partial charge in [0.05, 0.1) is 5.56 Å². The molecule has 112 valence electrons. The minimum atomic E-state index is -4.52. The Morgan fingerprint density at radius 2 is 2.14 bits per heavy atom. The second-order valence-electron chi connectivity index (χ2n) is 4.13. The lowest BCUT2D eigenvalue weighted by Gasteiger charge is -2.11. The van der Waals surface area contributed by atoms with E-state index in [1.807, 2.05) is 0 Å². The number of carbonyl (C=O) groups excluding carboxylic acids is 1. The van der Waals surface area contributed by atoms with Crippen molar-refractivity contribution in [1.29, 1.82) is 0 Å². The number of carbonyl (C=O) groups is 1. The molecule has 0 fully saturated rings. The van der Waals surface area contributed by atoms with Crippen molar-refractivity contribution in [1.82, 2.24) is 20.5 Å². The molecule has 0 bridgehead atoms. The quantitative estimate of drug-likeness (QED) is 0.877. The minimum Gasteiger partial charge on any atom is -0.352 e. The first-order chi connectivity index (χ1) is 9.88. The van der Waals surface area contributed by atoms with E-state index in [1.165, 1.54) is 18.5 Å². The van der Waals surface area contributed by atoms with Crippen LogP contribution in [-0.2, 0) is 12.6 Å². The summed E-state index contributed by atoms with van der Waals surface area (Å²) in [5.41, 5.74) is -0.937. The van der Waals surface area contributed by atoms with E-state index in [4.69, 9.17) is 0 Å². The van der Waals surface area contributed by atoms with Crippen molar-refractivity contribution in [3.8, 4) is 0 Å². The second-order valence-corrected chi connectivity index (χ2v) is 4.98. The van der Waals surface area contributed by atoms with E-state index in [-0.39, 0.29) is 16.6 Å². The molecule has 5 nitrogen and oxygen atoms in total. The molecule has 0 spiro atoms. The van der Waals surface area contributed by atoms with Gasteiger partial charge in [0.2, 0.25) is 0 Å². The summed E-state index contributed by atoms with van der Waals surface area (Å²) in [6.07, 6.45) is -2.77. The van der Waals surface area contributed by atoms with Crippen molar-refractivity contribution in [2.75, 3.05) is 6.54 Å². The average molecular weight is 363 g/mol. The number of hydrogen-bond donors (Lipinski definition) is 2. The Labute approximate surface area is 126 Å². The van der Waals surface area contributed by atoms with E-state index in [2.05, 4.69) is 36.4 Å². The number of hydrogen-bond acceptors (Lipinski definition) is 3. The van der Waals surface area contributed by atoms with Crippen LogP contribution in [0.4, 0.5) is 13.2 Å². The summed E-state index contributed by atoms with van der Waals surface area (Å²) < 4.78 is 38.1. The number of aromatic nitrogens is 3. The predicted octanol–water partition coefficient (Wildman–Crippen LogP) is 2.56. The van der Waals surface area contributed by atoms with Gasteiger partial charge in [0.15, 0.2) is 0 Å². The Hall–Kier alpha value is -1.90. The van der Waals surface area contributed by atoms with Gasteiger partial charge in [-0.25, -0.2) is 4.98 Å². The van der Waals surface area contributed by atoms with Crippen LogP contribution in [0.3, 0.4) is 0 Å². The smallest absolute Gasteiger partial charge is 0.352 e. The van der Waals surface area contributed by atoms with E-state index in [9.17, 15) is 18.0 Å². The maximum absolute atomic E-state index is 12.7. The molecule has 0 unspecified atom stereocenters. The normalized spacial score (nSPS) is 11.4. The highest BCUT2D eigenvalue weighted by atomic mass is 79.9. The molecule has 21 heavy (non-hydrogen) atoms. The molecule has 0 aliphatic heterocycles. The van der Waals surface area contributed by atoms with E-state index in [0.29, 0.717) is 12.2 Å². The topological polar surface area (TPSA) is 70.7 Å². The number of rotatable bonds is 4. The Morgan fingerprint density at radius 1 is 1.38 bits per heavy atom. The summed E-state index contributed by atoms with van der Waals surface area (Å²) in [7, 11) is 0. The highest BCUT2D eigenvalue weighted by molar-refractivity contribution is 9.10. The van der Waals surface area contributed by atoms with Crippen LogP contribution in [0.2, 0.25) is 0 Å². The number of alkyl halides is 3. The lowest BCUT2D eigenvalue weighted by atomic mass is 10.1. The molecule has 1 aromatic heterocycles. The molecule has 0 saturated carbocycles. The third-order valence-electron chi connectivity index (χ3n) is 2.65. The summed E-state index contributed by atoms with van der Waals surface area (Å²) in [5, 5.41) is 8.79. The zero-order chi connectivity index (χ0) is 15.5. The van der Waals surface area contributed by atoms with Gasteiger partial charge in [-0.05, 0) is 18.2 Å². The lowest BCUT2D eigenvalue weighted by molar-refractivity contribution is -0.138. The van der Waals surface area contributed by atoms with Crippen LogP contribution in [0, 0.1) is 0 Å². The lowest BCUT2D eigenvalue weighted by Crippen LogP contribution is -2.26.